The van der Waals surface area contributed by atoms with Gasteiger partial charge in [0, 0.05) is 17.8 Å². The molecule has 29 heavy (non-hydrogen) atoms. The Morgan fingerprint density at radius 3 is 2.69 bits per heavy atom. The number of nitriles is 1. The van der Waals surface area contributed by atoms with Gasteiger partial charge < -0.3 is 14.8 Å². The summed E-state index contributed by atoms with van der Waals surface area (Å²) < 4.78 is 12.0. The summed E-state index contributed by atoms with van der Waals surface area (Å²) in [5, 5.41) is 14.4. The smallest absolute Gasteiger partial charge is 0.407 e. The van der Waals surface area contributed by atoms with Crippen molar-refractivity contribution < 1.29 is 14.3 Å². The highest BCUT2D eigenvalue weighted by Crippen LogP contribution is 2.21. The number of aromatic amines is 1. The van der Waals surface area contributed by atoms with Gasteiger partial charge in [0.25, 0.3) is 5.56 Å². The Morgan fingerprint density at radius 2 is 2.03 bits per heavy atom. The van der Waals surface area contributed by atoms with E-state index in [4.69, 9.17) is 14.7 Å². The monoisotopic (exact) mass is 395 g/mol. The van der Waals surface area contributed by atoms with Crippen LogP contribution in [0.1, 0.15) is 26.3 Å². The van der Waals surface area contributed by atoms with Crippen molar-refractivity contribution in [3.63, 3.8) is 0 Å². The fraction of sp³-hybridized carbons (Fsp3) is 0.300. The molecule has 0 radical (unpaired) electrons. The minimum absolute atomic E-state index is 0.277. The first kappa shape index (κ1) is 19.9. The molecule has 9 heteroatoms. The van der Waals surface area contributed by atoms with E-state index in [-0.39, 0.29) is 17.8 Å². The van der Waals surface area contributed by atoms with Crippen molar-refractivity contribution in [2.24, 2.45) is 0 Å². The number of hydrogen-bond donors (Lipinski definition) is 2. The van der Waals surface area contributed by atoms with E-state index in [9.17, 15) is 9.59 Å². The van der Waals surface area contributed by atoms with E-state index >= 15 is 0 Å². The molecular formula is C20H21N5O4. The molecule has 0 saturated carbocycles. The highest BCUT2D eigenvalue weighted by Gasteiger charge is 2.15. The average Bonchev–Trinajstić information content (AvgIpc) is 3.08. The largest absolute Gasteiger partial charge is 0.492 e. The third-order valence-electron chi connectivity index (χ3n) is 3.81. The fourth-order valence-electron chi connectivity index (χ4n) is 2.57. The highest BCUT2D eigenvalue weighted by atomic mass is 16.6. The molecule has 0 aliphatic rings. The van der Waals surface area contributed by atoms with Gasteiger partial charge in [-0.25, -0.2) is 14.3 Å². The standard InChI is InChI=1S/C20H21N5O4/c1-20(2,3)29-19(27)22-8-9-28-15-6-4-13(5-7-15)16-10-17(26)25-18(24-16)14(11-21)12-23-25/h4-7,10,12,23H,8-9H2,1-3H3,(H,22,27). The normalized spacial score (nSPS) is 11.1. The maximum atomic E-state index is 12.2. The van der Waals surface area contributed by atoms with E-state index in [0.29, 0.717) is 29.1 Å². The Bertz CT molecular complexity index is 1120. The number of amides is 1. The zero-order valence-corrected chi connectivity index (χ0v) is 16.4. The first-order valence-corrected chi connectivity index (χ1v) is 8.98. The second-order valence-electron chi connectivity index (χ2n) is 7.24. The summed E-state index contributed by atoms with van der Waals surface area (Å²) in [4.78, 5) is 28.2. The van der Waals surface area contributed by atoms with Gasteiger partial charge in [-0.1, -0.05) is 0 Å². The number of carbonyl (C=O) groups is 1. The van der Waals surface area contributed by atoms with Crippen molar-refractivity contribution in [2.75, 3.05) is 13.2 Å². The van der Waals surface area contributed by atoms with Crippen molar-refractivity contribution in [1.29, 1.82) is 5.26 Å². The summed E-state index contributed by atoms with van der Waals surface area (Å²) in [6.45, 7) is 5.96. The predicted molar refractivity (Wildman–Crippen MR) is 106 cm³/mol. The van der Waals surface area contributed by atoms with E-state index in [0.717, 1.165) is 0 Å². The van der Waals surface area contributed by atoms with Crippen molar-refractivity contribution in [1.82, 2.24) is 19.9 Å². The molecule has 0 atom stereocenters. The minimum atomic E-state index is -0.547. The van der Waals surface area contributed by atoms with Crippen molar-refractivity contribution >= 4 is 11.7 Å². The Kier molecular flexibility index (Phi) is 5.54. The number of fused-ring (bicyclic) bond motifs is 1. The van der Waals surface area contributed by atoms with Crippen LogP contribution in [-0.2, 0) is 4.74 Å². The second kappa shape index (κ2) is 8.06. The summed E-state index contributed by atoms with van der Waals surface area (Å²) in [7, 11) is 0. The van der Waals surface area contributed by atoms with Gasteiger partial charge in [0.15, 0.2) is 5.65 Å². The third-order valence-corrected chi connectivity index (χ3v) is 3.81. The van der Waals surface area contributed by atoms with Crippen LogP contribution in [0.15, 0.2) is 41.3 Å². The van der Waals surface area contributed by atoms with E-state index in [2.05, 4.69) is 15.4 Å². The van der Waals surface area contributed by atoms with Crippen LogP contribution in [0.5, 0.6) is 5.75 Å². The lowest BCUT2D eigenvalue weighted by atomic mass is 10.1. The molecule has 150 valence electrons. The maximum absolute atomic E-state index is 12.2. The molecule has 0 unspecified atom stereocenters. The number of carbonyl (C=O) groups excluding carboxylic acids is 1. The molecule has 1 aromatic carbocycles. The van der Waals surface area contributed by atoms with Crippen molar-refractivity contribution in [2.45, 2.75) is 26.4 Å². The molecular weight excluding hydrogens is 374 g/mol. The predicted octanol–water partition coefficient (Wildman–Crippen LogP) is 2.46. The first-order chi connectivity index (χ1) is 13.8. The molecule has 1 amide bonds. The number of benzene rings is 1. The van der Waals surface area contributed by atoms with E-state index < -0.39 is 11.7 Å². The number of aromatic nitrogens is 3. The van der Waals surface area contributed by atoms with Crippen molar-refractivity contribution in [3.8, 4) is 23.1 Å². The molecule has 0 spiro atoms. The number of ether oxygens (including phenoxy) is 2. The number of nitrogens with zero attached hydrogens (tertiary/aromatic N) is 3. The van der Waals surface area contributed by atoms with Crippen LogP contribution < -0.4 is 15.6 Å². The Labute approximate surface area is 166 Å². The maximum Gasteiger partial charge on any atom is 0.407 e. The summed E-state index contributed by atoms with van der Waals surface area (Å²) in [6.07, 6.45) is 0.946. The van der Waals surface area contributed by atoms with Gasteiger partial charge in [0.2, 0.25) is 0 Å². The number of nitrogens with one attached hydrogen (secondary N) is 2. The molecule has 3 rings (SSSR count). The number of rotatable bonds is 5. The summed E-state index contributed by atoms with van der Waals surface area (Å²) in [5.41, 5.74) is 0.900. The Balaban J connectivity index is 1.62. The molecule has 0 aliphatic carbocycles. The van der Waals surface area contributed by atoms with Crippen LogP contribution in [0.4, 0.5) is 4.79 Å². The summed E-state index contributed by atoms with van der Waals surface area (Å²) >= 11 is 0. The quantitative estimate of drug-likeness (QED) is 0.640. The van der Waals surface area contributed by atoms with Crippen LogP contribution in [0.2, 0.25) is 0 Å². The number of alkyl carbamates (subject to hydrolysis) is 1. The molecule has 2 N–H and O–H groups in total. The van der Waals surface area contributed by atoms with Crippen LogP contribution in [-0.4, -0.2) is 39.4 Å². The van der Waals surface area contributed by atoms with Crippen LogP contribution >= 0.6 is 0 Å². The van der Waals surface area contributed by atoms with Crippen molar-refractivity contribution in [3.05, 3.63) is 52.4 Å². The van der Waals surface area contributed by atoms with Gasteiger partial charge in [0.05, 0.1) is 12.2 Å². The topological polar surface area (TPSA) is 122 Å². The highest BCUT2D eigenvalue weighted by molar-refractivity contribution is 5.67. The van der Waals surface area contributed by atoms with Gasteiger partial charge >= 0.3 is 6.09 Å². The Morgan fingerprint density at radius 1 is 1.31 bits per heavy atom. The van der Waals surface area contributed by atoms with Gasteiger partial charge in [-0.3, -0.25) is 9.89 Å². The van der Waals surface area contributed by atoms with Crippen LogP contribution in [0, 0.1) is 11.3 Å². The molecule has 3 aromatic rings. The molecule has 2 heterocycles. The summed E-state index contributed by atoms with van der Waals surface area (Å²) in [6, 6.07) is 10.4. The SMILES string of the molecule is CC(C)(C)OC(=O)NCCOc1ccc(-c2cc(=O)n3[nH]cc(C#N)c3n2)cc1. The molecule has 2 aromatic heterocycles. The minimum Gasteiger partial charge on any atom is -0.492 e. The van der Waals surface area contributed by atoms with E-state index in [1.54, 1.807) is 45.0 Å². The second-order valence-corrected chi connectivity index (χ2v) is 7.24. The van der Waals surface area contributed by atoms with Gasteiger partial charge in [-0.15, -0.1) is 0 Å². The molecule has 9 nitrogen and oxygen atoms in total. The third kappa shape index (κ3) is 4.93. The molecule has 0 fully saturated rings. The lowest BCUT2D eigenvalue weighted by molar-refractivity contribution is 0.0520. The Hall–Kier alpha value is -3.80. The number of hydrogen-bond acceptors (Lipinski definition) is 6. The van der Waals surface area contributed by atoms with Crippen LogP contribution in [0.25, 0.3) is 16.9 Å². The summed E-state index contributed by atoms with van der Waals surface area (Å²) in [5.74, 6) is 0.608. The van der Waals surface area contributed by atoms with Gasteiger partial charge in [-0.2, -0.15) is 5.26 Å². The molecule has 0 aliphatic heterocycles. The fourth-order valence-corrected chi connectivity index (χ4v) is 2.57. The van der Waals surface area contributed by atoms with E-state index in [1.165, 1.54) is 16.8 Å². The number of H-pyrrole nitrogens is 1. The molecule has 0 bridgehead atoms. The van der Waals surface area contributed by atoms with Gasteiger partial charge in [-0.05, 0) is 45.0 Å². The van der Waals surface area contributed by atoms with Gasteiger partial charge in [0.1, 0.15) is 29.6 Å². The van der Waals surface area contributed by atoms with Crippen LogP contribution in [0.3, 0.4) is 0 Å². The zero-order valence-electron chi connectivity index (χ0n) is 16.4. The lowest BCUT2D eigenvalue weighted by Crippen LogP contribution is -2.34. The zero-order chi connectivity index (χ0) is 21.0. The first-order valence-electron chi connectivity index (χ1n) is 8.98. The van der Waals surface area contributed by atoms with E-state index in [1.807, 2.05) is 6.07 Å². The molecule has 0 saturated heterocycles. The average molecular weight is 395 g/mol. The lowest BCUT2D eigenvalue weighted by Gasteiger charge is -2.19.